The zero-order chi connectivity index (χ0) is 50.1. The van der Waals surface area contributed by atoms with Crippen LogP contribution in [0.15, 0.2) is 96.2 Å². The molecule has 0 saturated carbocycles. The Morgan fingerprint density at radius 2 is 1.03 bits per heavy atom. The average molecular weight is 950 g/mol. The van der Waals surface area contributed by atoms with Gasteiger partial charge in [-0.3, -0.25) is 53.3 Å². The lowest BCUT2D eigenvalue weighted by molar-refractivity contribution is -0.135. The molecule has 4 aromatic rings. The van der Waals surface area contributed by atoms with E-state index in [2.05, 4.69) is 52.2 Å². The van der Waals surface area contributed by atoms with Crippen molar-refractivity contribution < 1.29 is 38.4 Å². The van der Waals surface area contributed by atoms with E-state index >= 15 is 0 Å². The smallest absolute Gasteiger partial charge is 0.269 e. The second kappa shape index (κ2) is 28.3. The fraction of sp³-hybridized carbons (Fsp3) is 0.396. The number of aromatic nitrogens is 2. The number of carbonyl (C=O) groups is 8. The Balaban J connectivity index is 1.57. The first-order valence-electron chi connectivity index (χ1n) is 22.8. The summed E-state index contributed by atoms with van der Waals surface area (Å²) in [4.78, 5) is 118. The number of hydrogen-bond donors (Lipinski definition) is 10. The highest BCUT2D eigenvalue weighted by atomic mass is 16.2. The molecule has 2 heterocycles. The van der Waals surface area contributed by atoms with Crippen LogP contribution >= 0.6 is 0 Å². The quantitative estimate of drug-likeness (QED) is 0.0210. The van der Waals surface area contributed by atoms with Crippen molar-refractivity contribution in [3.05, 3.63) is 108 Å². The molecule has 2 aromatic heterocycles. The molecule has 8 amide bonds. The number of nitrogens with zero attached hydrogens (tertiary/aromatic N) is 3. The summed E-state index contributed by atoms with van der Waals surface area (Å²) < 4.78 is 0. The van der Waals surface area contributed by atoms with Gasteiger partial charge in [0.05, 0.1) is 0 Å². The molecular formula is C48H63N13O8. The third kappa shape index (κ3) is 19.0. The monoisotopic (exact) mass is 949 g/mol. The molecule has 21 heteroatoms. The molecule has 0 radical (unpaired) electrons. The van der Waals surface area contributed by atoms with Gasteiger partial charge in [-0.25, -0.2) is 0 Å². The maximum atomic E-state index is 14.4. The van der Waals surface area contributed by atoms with Gasteiger partial charge in [-0.15, -0.1) is 0 Å². The van der Waals surface area contributed by atoms with Crippen molar-refractivity contribution in [2.45, 2.75) is 102 Å². The number of guanidine groups is 1. The highest BCUT2D eigenvalue weighted by Gasteiger charge is 2.32. The number of hydrogen-bond acceptors (Lipinski definition) is 11. The average Bonchev–Trinajstić information content (AvgIpc) is 3.33. The van der Waals surface area contributed by atoms with Crippen molar-refractivity contribution >= 4 is 64.0 Å². The molecule has 2 aromatic carbocycles. The van der Waals surface area contributed by atoms with Crippen molar-refractivity contribution in [2.75, 3.05) is 19.6 Å². The van der Waals surface area contributed by atoms with E-state index in [0.717, 1.165) is 16.3 Å². The number of nitrogens with two attached hydrogens (primary N) is 3. The van der Waals surface area contributed by atoms with Crippen LogP contribution in [0.4, 0.5) is 0 Å². The van der Waals surface area contributed by atoms with Gasteiger partial charge in [0.25, 0.3) is 11.8 Å². The van der Waals surface area contributed by atoms with E-state index in [4.69, 9.17) is 17.2 Å². The number of nitrogens with one attached hydrogen (secondary N) is 7. The third-order valence-corrected chi connectivity index (χ3v) is 10.8. The maximum Gasteiger partial charge on any atom is 0.269 e. The summed E-state index contributed by atoms with van der Waals surface area (Å²) in [5, 5.41) is 20.9. The summed E-state index contributed by atoms with van der Waals surface area (Å²) in [6, 6.07) is 17.3. The van der Waals surface area contributed by atoms with E-state index in [1.165, 1.54) is 26.2 Å². The molecule has 5 atom stereocenters. The lowest BCUT2D eigenvalue weighted by Gasteiger charge is -2.27. The summed E-state index contributed by atoms with van der Waals surface area (Å²) >= 11 is 0. The summed E-state index contributed by atoms with van der Waals surface area (Å²) in [6.45, 7) is 3.20. The van der Waals surface area contributed by atoms with Crippen LogP contribution in [0.2, 0.25) is 0 Å². The van der Waals surface area contributed by atoms with Gasteiger partial charge in [0.2, 0.25) is 35.4 Å². The van der Waals surface area contributed by atoms with Gasteiger partial charge in [0.1, 0.15) is 41.6 Å². The molecule has 21 nitrogen and oxygen atoms in total. The number of aliphatic imine (C=N–C) groups is 1. The van der Waals surface area contributed by atoms with Crippen molar-refractivity contribution in [1.29, 1.82) is 0 Å². The van der Waals surface area contributed by atoms with E-state index < -0.39 is 71.6 Å². The van der Waals surface area contributed by atoms with Gasteiger partial charge in [0.15, 0.2) is 5.96 Å². The molecular weight excluding hydrogens is 887 g/mol. The van der Waals surface area contributed by atoms with E-state index in [0.29, 0.717) is 25.7 Å². The largest absolute Gasteiger partial charge is 0.370 e. The lowest BCUT2D eigenvalue weighted by Crippen LogP contribution is -2.59. The highest BCUT2D eigenvalue weighted by molar-refractivity contribution is 5.97. The minimum Gasteiger partial charge on any atom is -0.370 e. The Morgan fingerprint density at radius 1 is 0.551 bits per heavy atom. The van der Waals surface area contributed by atoms with E-state index in [-0.39, 0.29) is 75.0 Å². The predicted octanol–water partition coefficient (Wildman–Crippen LogP) is 0.376. The summed E-state index contributed by atoms with van der Waals surface area (Å²) in [5.74, 6) is -5.13. The molecule has 13 N–H and O–H groups in total. The first kappa shape index (κ1) is 53.6. The fourth-order valence-corrected chi connectivity index (χ4v) is 7.09. The number of unbranched alkanes of at least 4 members (excludes halogenated alkanes) is 2. The molecule has 0 saturated heterocycles. The first-order chi connectivity index (χ1) is 33.1. The van der Waals surface area contributed by atoms with Gasteiger partial charge in [-0.05, 0) is 98.9 Å². The number of carbonyl (C=O) groups excluding carboxylic acids is 8. The van der Waals surface area contributed by atoms with E-state index in [1.54, 1.807) is 36.4 Å². The number of amides is 8. The lowest BCUT2D eigenvalue weighted by atomic mass is 10.00. The Morgan fingerprint density at radius 3 is 1.51 bits per heavy atom. The molecule has 0 spiro atoms. The molecule has 2 unspecified atom stereocenters. The normalized spacial score (nSPS) is 13.0. The molecule has 0 aliphatic rings. The highest BCUT2D eigenvalue weighted by Crippen LogP contribution is 2.17. The third-order valence-electron chi connectivity index (χ3n) is 10.8. The summed E-state index contributed by atoms with van der Waals surface area (Å²) in [6.07, 6.45) is 4.79. The number of pyridine rings is 2. The summed E-state index contributed by atoms with van der Waals surface area (Å²) in [5.41, 5.74) is 17.5. The number of benzene rings is 2. The van der Waals surface area contributed by atoms with Gasteiger partial charge < -0.3 is 54.4 Å². The molecule has 4 rings (SSSR count). The second-order valence-corrected chi connectivity index (χ2v) is 16.3. The Bertz CT molecular complexity index is 2400. The maximum absolute atomic E-state index is 14.4. The van der Waals surface area contributed by atoms with Gasteiger partial charge in [-0.1, -0.05) is 54.6 Å². The van der Waals surface area contributed by atoms with Crippen LogP contribution in [-0.4, -0.2) is 113 Å². The first-order valence-corrected chi connectivity index (χ1v) is 22.8. The molecule has 368 valence electrons. The van der Waals surface area contributed by atoms with Gasteiger partial charge in [0, 0.05) is 45.4 Å². The van der Waals surface area contributed by atoms with Gasteiger partial charge in [-0.2, -0.15) is 0 Å². The topological polar surface area (TPSA) is 337 Å². The minimum absolute atomic E-state index is 0.0216. The molecule has 69 heavy (non-hydrogen) atoms. The zero-order valence-electron chi connectivity index (χ0n) is 38.9. The zero-order valence-corrected chi connectivity index (χ0v) is 38.9. The Labute approximate surface area is 400 Å². The van der Waals surface area contributed by atoms with Crippen LogP contribution in [0, 0.1) is 0 Å². The minimum atomic E-state index is -1.29. The van der Waals surface area contributed by atoms with Crippen molar-refractivity contribution in [3.63, 3.8) is 0 Å². The van der Waals surface area contributed by atoms with Crippen LogP contribution in [0.1, 0.15) is 91.8 Å². The Kier molecular flexibility index (Phi) is 22.0. The second-order valence-electron chi connectivity index (χ2n) is 16.3. The molecule has 0 fully saturated rings. The van der Waals surface area contributed by atoms with Crippen molar-refractivity contribution in [3.8, 4) is 0 Å². The fourth-order valence-electron chi connectivity index (χ4n) is 7.09. The van der Waals surface area contributed by atoms with Crippen LogP contribution in [-0.2, 0) is 35.2 Å². The summed E-state index contributed by atoms with van der Waals surface area (Å²) in [7, 11) is 0. The van der Waals surface area contributed by atoms with Crippen molar-refractivity contribution in [1.82, 2.24) is 47.2 Å². The number of fused-ring (bicyclic) bond motifs is 1. The molecule has 0 aliphatic carbocycles. The van der Waals surface area contributed by atoms with Crippen molar-refractivity contribution in [2.24, 2.45) is 22.2 Å². The van der Waals surface area contributed by atoms with Gasteiger partial charge >= 0.3 is 0 Å². The van der Waals surface area contributed by atoms with Crippen LogP contribution in [0.3, 0.4) is 0 Å². The van der Waals surface area contributed by atoms with E-state index in [1.807, 2.05) is 42.5 Å². The SMILES string of the molecule is CC(=O)N[C@@H](Cc1ccc2ccccc2c1)C(=O)NC(CCCCNC(=O)c1ccccn1)C(=O)N[C@@H](CCCCNC(=O)c1ccccn1)C(=O)NC(CCCN=C(N)N)C(=O)N[C@@H](C)C(N)=O. The predicted molar refractivity (Wildman–Crippen MR) is 259 cm³/mol. The number of rotatable bonds is 28. The van der Waals surface area contributed by atoms with Crippen LogP contribution in [0.25, 0.3) is 10.8 Å². The number of primary amides is 1. The standard InChI is InChI=1S/C48H63N13O8/c1-30(41(49)63)57-44(66)39(20-13-27-56-48(50)51)60-45(67)37(18-7-11-25-54-42(64)35-16-5-9-23-52-35)59-46(68)38(19-8-12-26-55-43(65)36-17-6-10-24-53-36)61-47(69)40(58-31(2)62)29-32-21-22-33-14-3-4-15-34(33)28-32/h3-6,9-10,14-17,21-24,28,30,37-40H,7-8,11-13,18-20,25-27,29H2,1-2H3,(H2,49,63)(H,54,64)(H,55,65)(H,57,66)(H,58,62)(H,59,68)(H,60,67)(H,61,69)(H4,50,51,56)/t30-,37-,38?,39?,40-/m0/s1. The Hall–Kier alpha value is -7.97. The van der Waals surface area contributed by atoms with Crippen LogP contribution in [0.5, 0.6) is 0 Å². The molecule has 0 bridgehead atoms. The van der Waals surface area contributed by atoms with E-state index in [9.17, 15) is 38.4 Å². The molecule has 0 aliphatic heterocycles. The van der Waals surface area contributed by atoms with Crippen LogP contribution < -0.4 is 54.4 Å².